The van der Waals surface area contributed by atoms with Crippen LogP contribution in [0.2, 0.25) is 0 Å². The second-order valence-electron chi connectivity index (χ2n) is 6.28. The second-order valence-corrected chi connectivity index (χ2v) is 6.28. The molecule has 0 atom stereocenters. The fraction of sp³-hybridized carbons (Fsp3) is 0.421. The minimum absolute atomic E-state index is 0.0169. The van der Waals surface area contributed by atoms with Crippen LogP contribution < -0.4 is 9.64 Å². The zero-order valence-corrected chi connectivity index (χ0v) is 14.2. The number of rotatable bonds is 7. The maximum Gasteiger partial charge on any atom is 0.289 e. The average molecular weight is 347 g/mol. The van der Waals surface area contributed by atoms with Crippen molar-refractivity contribution in [2.45, 2.75) is 12.8 Å². The number of carbonyl (C=O) groups is 1. The lowest BCUT2D eigenvalue weighted by Gasteiger charge is -2.31. The normalized spacial score (nSPS) is 15.3. The first-order chi connectivity index (χ1) is 12.2. The van der Waals surface area contributed by atoms with Crippen molar-refractivity contribution in [2.75, 3.05) is 39.3 Å². The molecule has 134 valence electrons. The first-order valence-corrected chi connectivity index (χ1v) is 8.77. The number of unbranched alkanes of at least 4 members (excludes halogenated alkanes) is 1. The lowest BCUT2D eigenvalue weighted by molar-refractivity contribution is -0.904. The Kier molecular flexibility index (Phi) is 6.06. The molecular weight excluding hydrogens is 323 g/mol. The highest BCUT2D eigenvalue weighted by Gasteiger charge is 2.25. The van der Waals surface area contributed by atoms with Crippen LogP contribution in [0.25, 0.3) is 0 Å². The number of benzene rings is 1. The smallest absolute Gasteiger partial charge is 0.289 e. The van der Waals surface area contributed by atoms with Gasteiger partial charge in [0.25, 0.3) is 5.91 Å². The summed E-state index contributed by atoms with van der Waals surface area (Å²) in [4.78, 5) is 15.6. The Balaban J connectivity index is 1.29. The monoisotopic (exact) mass is 347 g/mol. The molecule has 1 aliphatic heterocycles. The maximum absolute atomic E-state index is 12.8. The Morgan fingerprint density at radius 1 is 1.16 bits per heavy atom. The van der Waals surface area contributed by atoms with E-state index < -0.39 is 0 Å². The largest absolute Gasteiger partial charge is 0.494 e. The Hall–Kier alpha value is -2.34. The van der Waals surface area contributed by atoms with E-state index >= 15 is 0 Å². The number of furan rings is 1. The number of nitrogens with one attached hydrogen (secondary N) is 1. The van der Waals surface area contributed by atoms with Crippen molar-refractivity contribution in [3.8, 4) is 5.75 Å². The summed E-state index contributed by atoms with van der Waals surface area (Å²) < 4.78 is 23.6. The summed E-state index contributed by atoms with van der Waals surface area (Å²) in [6.45, 7) is 5.18. The molecular formula is C19H24FN2O3+. The summed E-state index contributed by atoms with van der Waals surface area (Å²) in [5.41, 5.74) is 0. The predicted molar refractivity (Wildman–Crippen MR) is 91.3 cm³/mol. The average Bonchev–Trinajstić information content (AvgIpc) is 3.18. The van der Waals surface area contributed by atoms with Gasteiger partial charge in [-0.2, -0.15) is 0 Å². The van der Waals surface area contributed by atoms with E-state index in [0.717, 1.165) is 45.6 Å². The van der Waals surface area contributed by atoms with Crippen LogP contribution in [0.5, 0.6) is 5.75 Å². The molecule has 0 radical (unpaired) electrons. The van der Waals surface area contributed by atoms with Crippen molar-refractivity contribution in [1.29, 1.82) is 0 Å². The molecule has 1 aliphatic rings. The van der Waals surface area contributed by atoms with Crippen molar-refractivity contribution in [1.82, 2.24) is 4.90 Å². The van der Waals surface area contributed by atoms with Gasteiger partial charge >= 0.3 is 0 Å². The third kappa shape index (κ3) is 5.06. The fourth-order valence-corrected chi connectivity index (χ4v) is 3.03. The van der Waals surface area contributed by atoms with E-state index in [0.29, 0.717) is 18.1 Å². The van der Waals surface area contributed by atoms with E-state index in [9.17, 15) is 9.18 Å². The van der Waals surface area contributed by atoms with Gasteiger partial charge in [0.2, 0.25) is 0 Å². The highest BCUT2D eigenvalue weighted by Crippen LogP contribution is 2.11. The van der Waals surface area contributed by atoms with Crippen molar-refractivity contribution in [2.24, 2.45) is 0 Å². The number of carbonyl (C=O) groups excluding carboxylic acids is 1. The molecule has 1 fully saturated rings. The molecule has 2 heterocycles. The lowest BCUT2D eigenvalue weighted by Crippen LogP contribution is -3.14. The summed E-state index contributed by atoms with van der Waals surface area (Å²) in [7, 11) is 0. The number of quaternary nitrogens is 1. The second kappa shape index (κ2) is 8.67. The molecule has 3 rings (SSSR count). The molecule has 0 unspecified atom stereocenters. The van der Waals surface area contributed by atoms with Gasteiger partial charge in [-0.15, -0.1) is 0 Å². The van der Waals surface area contributed by atoms with Gasteiger partial charge in [0.05, 0.1) is 45.6 Å². The predicted octanol–water partition coefficient (Wildman–Crippen LogP) is 1.62. The Bertz CT molecular complexity index is 650. The van der Waals surface area contributed by atoms with E-state index in [1.54, 1.807) is 24.3 Å². The maximum atomic E-state index is 12.8. The van der Waals surface area contributed by atoms with E-state index in [-0.39, 0.29) is 11.7 Å². The summed E-state index contributed by atoms with van der Waals surface area (Å²) in [5, 5.41) is 0. The molecule has 0 saturated carbocycles. The summed E-state index contributed by atoms with van der Waals surface area (Å²) in [5.74, 6) is 0.859. The van der Waals surface area contributed by atoms with Crippen LogP contribution in [0.15, 0.2) is 47.1 Å². The number of piperazine rings is 1. The summed E-state index contributed by atoms with van der Waals surface area (Å²) >= 11 is 0. The van der Waals surface area contributed by atoms with Crippen molar-refractivity contribution < 1.29 is 23.2 Å². The third-order valence-electron chi connectivity index (χ3n) is 4.50. The number of hydrogen-bond donors (Lipinski definition) is 1. The minimum Gasteiger partial charge on any atom is -0.494 e. The van der Waals surface area contributed by atoms with E-state index in [4.69, 9.17) is 9.15 Å². The molecule has 1 N–H and O–H groups in total. The molecule has 1 saturated heterocycles. The van der Waals surface area contributed by atoms with Crippen LogP contribution in [-0.4, -0.2) is 50.1 Å². The summed E-state index contributed by atoms with van der Waals surface area (Å²) in [6.07, 6.45) is 3.57. The van der Waals surface area contributed by atoms with Crippen LogP contribution in [0.1, 0.15) is 23.4 Å². The third-order valence-corrected chi connectivity index (χ3v) is 4.50. The van der Waals surface area contributed by atoms with Crippen LogP contribution in [-0.2, 0) is 0 Å². The van der Waals surface area contributed by atoms with Crippen molar-refractivity contribution >= 4 is 5.91 Å². The van der Waals surface area contributed by atoms with Crippen LogP contribution >= 0.6 is 0 Å². The van der Waals surface area contributed by atoms with Crippen LogP contribution in [0, 0.1) is 5.82 Å². The van der Waals surface area contributed by atoms with E-state index in [2.05, 4.69) is 0 Å². The zero-order chi connectivity index (χ0) is 17.5. The zero-order valence-electron chi connectivity index (χ0n) is 14.2. The van der Waals surface area contributed by atoms with Gasteiger partial charge in [0.15, 0.2) is 5.76 Å². The van der Waals surface area contributed by atoms with Crippen molar-refractivity contribution in [3.05, 3.63) is 54.2 Å². The molecule has 1 aromatic carbocycles. The molecule has 0 aliphatic carbocycles. The minimum atomic E-state index is -0.249. The fourth-order valence-electron chi connectivity index (χ4n) is 3.03. The highest BCUT2D eigenvalue weighted by molar-refractivity contribution is 5.91. The molecule has 0 spiro atoms. The topological polar surface area (TPSA) is 47.1 Å². The van der Waals surface area contributed by atoms with Crippen LogP contribution in [0.4, 0.5) is 4.39 Å². The van der Waals surface area contributed by atoms with Gasteiger partial charge in [-0.3, -0.25) is 4.79 Å². The van der Waals surface area contributed by atoms with Gasteiger partial charge in [0.1, 0.15) is 11.6 Å². The number of halogens is 1. The first kappa shape index (κ1) is 17.5. The van der Waals surface area contributed by atoms with Crippen molar-refractivity contribution in [3.63, 3.8) is 0 Å². The standard InChI is InChI=1S/C19H23FN2O3/c20-16-5-7-17(8-6-16)24-14-2-1-9-21-10-12-22(13-11-21)19(23)18-4-3-15-25-18/h3-8,15H,1-2,9-14H2/p+1. The lowest BCUT2D eigenvalue weighted by atomic mass is 10.2. The summed E-state index contributed by atoms with van der Waals surface area (Å²) in [6, 6.07) is 9.56. The number of hydrogen-bond acceptors (Lipinski definition) is 3. The molecule has 1 aromatic heterocycles. The van der Waals surface area contributed by atoms with Gasteiger partial charge in [-0.1, -0.05) is 0 Å². The van der Waals surface area contributed by atoms with Crippen LogP contribution in [0.3, 0.4) is 0 Å². The molecule has 25 heavy (non-hydrogen) atoms. The van der Waals surface area contributed by atoms with Gasteiger partial charge in [-0.05, 0) is 49.2 Å². The van der Waals surface area contributed by atoms with E-state index in [1.165, 1.54) is 23.3 Å². The molecule has 1 amide bonds. The van der Waals surface area contributed by atoms with Gasteiger partial charge in [0, 0.05) is 0 Å². The molecule has 5 nitrogen and oxygen atoms in total. The Morgan fingerprint density at radius 3 is 2.60 bits per heavy atom. The Morgan fingerprint density at radius 2 is 1.92 bits per heavy atom. The molecule has 0 bridgehead atoms. The van der Waals surface area contributed by atoms with Gasteiger partial charge < -0.3 is 19.0 Å². The highest BCUT2D eigenvalue weighted by atomic mass is 19.1. The number of amides is 1. The first-order valence-electron chi connectivity index (χ1n) is 8.77. The quantitative estimate of drug-likeness (QED) is 0.775. The molecule has 6 heteroatoms. The number of ether oxygens (including phenoxy) is 1. The van der Waals surface area contributed by atoms with E-state index in [1.807, 2.05) is 4.90 Å². The Labute approximate surface area is 147 Å². The number of nitrogens with zero attached hydrogens (tertiary/aromatic N) is 1. The van der Waals surface area contributed by atoms with Gasteiger partial charge in [-0.25, -0.2) is 4.39 Å². The SMILES string of the molecule is O=C(c1ccco1)N1CC[NH+](CCCCOc2ccc(F)cc2)CC1. The molecule has 2 aromatic rings.